The lowest BCUT2D eigenvalue weighted by Gasteiger charge is -2.10. The van der Waals surface area contributed by atoms with Crippen LogP contribution in [0.15, 0.2) is 115 Å². The molecule has 35 heavy (non-hydrogen) atoms. The number of aryl methyl sites for hydroxylation is 2. The van der Waals surface area contributed by atoms with Crippen molar-refractivity contribution in [2.24, 2.45) is 0 Å². The molecule has 1 nitrogen and oxygen atoms in total. The number of hydrogen-bond acceptors (Lipinski definition) is 2. The maximum absolute atomic E-state index is 5.03. The van der Waals surface area contributed by atoms with Gasteiger partial charge in [-0.15, -0.1) is 11.3 Å². The molecular formula is C33H25NS. The lowest BCUT2D eigenvalue weighted by Crippen LogP contribution is -1.87. The fraction of sp³-hybridized carbons (Fsp3) is 0.0606. The van der Waals surface area contributed by atoms with E-state index in [1.54, 1.807) is 11.3 Å². The van der Waals surface area contributed by atoms with Crippen LogP contribution in [0, 0.1) is 13.8 Å². The van der Waals surface area contributed by atoms with E-state index in [0.717, 1.165) is 16.8 Å². The van der Waals surface area contributed by atoms with Gasteiger partial charge in [0.25, 0.3) is 0 Å². The van der Waals surface area contributed by atoms with Crippen LogP contribution in [0.4, 0.5) is 0 Å². The second-order valence-electron chi connectivity index (χ2n) is 8.98. The van der Waals surface area contributed by atoms with E-state index in [1.807, 2.05) is 6.07 Å². The molecule has 6 rings (SSSR count). The van der Waals surface area contributed by atoms with Gasteiger partial charge in [0.1, 0.15) is 0 Å². The Morgan fingerprint density at radius 2 is 1.17 bits per heavy atom. The summed E-state index contributed by atoms with van der Waals surface area (Å²) in [5.41, 5.74) is 12.1. The molecule has 0 spiro atoms. The van der Waals surface area contributed by atoms with Crippen molar-refractivity contribution in [2.45, 2.75) is 13.8 Å². The van der Waals surface area contributed by atoms with Crippen molar-refractivity contribution in [3.8, 4) is 44.0 Å². The standard InChI is InChI=1S/C33H25NS/c1-22-8-6-9-23(2)33(22)26-16-14-25(15-17-26)32-21-30-31(35-32)19-18-29(34-30)28-13-7-12-27(20-28)24-10-4-3-5-11-24/h3-21H,1-2H3. The first-order valence-electron chi connectivity index (χ1n) is 11.9. The molecule has 0 aliphatic heterocycles. The molecule has 4 aromatic carbocycles. The minimum absolute atomic E-state index is 1.00. The van der Waals surface area contributed by atoms with Gasteiger partial charge in [0.15, 0.2) is 0 Å². The van der Waals surface area contributed by atoms with Crippen molar-refractivity contribution >= 4 is 21.6 Å². The zero-order valence-corrected chi connectivity index (χ0v) is 20.6. The molecule has 0 N–H and O–H groups in total. The van der Waals surface area contributed by atoms with E-state index in [2.05, 4.69) is 123 Å². The minimum atomic E-state index is 1.00. The van der Waals surface area contributed by atoms with Crippen LogP contribution >= 0.6 is 11.3 Å². The molecule has 0 unspecified atom stereocenters. The average Bonchev–Trinajstić information content (AvgIpc) is 3.33. The topological polar surface area (TPSA) is 12.9 Å². The van der Waals surface area contributed by atoms with Crippen molar-refractivity contribution in [1.82, 2.24) is 4.98 Å². The summed E-state index contributed by atoms with van der Waals surface area (Å²) < 4.78 is 1.21. The average molecular weight is 468 g/mol. The maximum atomic E-state index is 5.03. The van der Waals surface area contributed by atoms with E-state index in [0.29, 0.717) is 0 Å². The van der Waals surface area contributed by atoms with E-state index >= 15 is 0 Å². The number of nitrogens with zero attached hydrogens (tertiary/aromatic N) is 1. The van der Waals surface area contributed by atoms with Crippen molar-refractivity contribution in [3.05, 3.63) is 126 Å². The van der Waals surface area contributed by atoms with Crippen LogP contribution in [-0.4, -0.2) is 4.98 Å². The highest BCUT2D eigenvalue weighted by Gasteiger charge is 2.10. The molecule has 0 amide bonds. The smallest absolute Gasteiger partial charge is 0.0823 e. The largest absolute Gasteiger partial charge is 0.247 e. The minimum Gasteiger partial charge on any atom is -0.247 e. The van der Waals surface area contributed by atoms with E-state index in [-0.39, 0.29) is 0 Å². The Kier molecular flexibility index (Phi) is 5.52. The van der Waals surface area contributed by atoms with Gasteiger partial charge < -0.3 is 0 Å². The van der Waals surface area contributed by atoms with E-state index < -0.39 is 0 Å². The third kappa shape index (κ3) is 4.18. The Labute approximate surface area is 210 Å². The predicted octanol–water partition coefficient (Wildman–Crippen LogP) is 9.58. The lowest BCUT2D eigenvalue weighted by atomic mass is 9.95. The van der Waals surface area contributed by atoms with Gasteiger partial charge in [-0.25, -0.2) is 4.98 Å². The van der Waals surface area contributed by atoms with Crippen molar-refractivity contribution in [3.63, 3.8) is 0 Å². The Morgan fingerprint density at radius 3 is 1.94 bits per heavy atom. The molecule has 0 saturated heterocycles. The highest BCUT2D eigenvalue weighted by atomic mass is 32.1. The zero-order chi connectivity index (χ0) is 23.8. The van der Waals surface area contributed by atoms with Gasteiger partial charge >= 0.3 is 0 Å². The predicted molar refractivity (Wildman–Crippen MR) is 151 cm³/mol. The first-order chi connectivity index (χ1) is 17.2. The Hall–Kier alpha value is -4.01. The first-order valence-corrected chi connectivity index (χ1v) is 12.7. The zero-order valence-electron chi connectivity index (χ0n) is 19.8. The van der Waals surface area contributed by atoms with Crippen LogP contribution < -0.4 is 0 Å². The summed E-state index contributed by atoms with van der Waals surface area (Å²) in [5.74, 6) is 0. The quantitative estimate of drug-likeness (QED) is 0.251. The highest BCUT2D eigenvalue weighted by Crippen LogP contribution is 2.36. The van der Waals surface area contributed by atoms with Gasteiger partial charge in [-0.05, 0) is 77.1 Å². The number of rotatable bonds is 4. The van der Waals surface area contributed by atoms with Crippen LogP contribution in [0.2, 0.25) is 0 Å². The molecule has 2 heterocycles. The van der Waals surface area contributed by atoms with Gasteiger partial charge in [-0.1, -0.05) is 91.0 Å². The fourth-order valence-electron chi connectivity index (χ4n) is 4.79. The Bertz CT molecular complexity index is 1620. The summed E-state index contributed by atoms with van der Waals surface area (Å²) in [4.78, 5) is 6.27. The summed E-state index contributed by atoms with van der Waals surface area (Å²) in [6, 6.07) is 41.1. The second-order valence-corrected chi connectivity index (χ2v) is 10.1. The van der Waals surface area contributed by atoms with Crippen molar-refractivity contribution in [1.29, 1.82) is 0 Å². The van der Waals surface area contributed by atoms with Crippen LogP contribution in [0.5, 0.6) is 0 Å². The Balaban J connectivity index is 1.33. The Morgan fingerprint density at radius 1 is 0.514 bits per heavy atom. The van der Waals surface area contributed by atoms with Crippen LogP contribution in [0.3, 0.4) is 0 Å². The molecule has 2 heteroatoms. The number of aromatic nitrogens is 1. The monoisotopic (exact) mass is 467 g/mol. The molecule has 168 valence electrons. The molecule has 0 aliphatic carbocycles. The molecule has 0 fully saturated rings. The highest BCUT2D eigenvalue weighted by molar-refractivity contribution is 7.22. The number of hydrogen-bond donors (Lipinski definition) is 0. The third-order valence-electron chi connectivity index (χ3n) is 6.58. The van der Waals surface area contributed by atoms with Crippen LogP contribution in [-0.2, 0) is 0 Å². The lowest BCUT2D eigenvalue weighted by molar-refractivity contribution is 1.38. The number of fused-ring (bicyclic) bond motifs is 1. The number of benzene rings is 4. The molecule has 0 saturated carbocycles. The normalized spacial score (nSPS) is 11.1. The van der Waals surface area contributed by atoms with Crippen LogP contribution in [0.1, 0.15) is 11.1 Å². The fourth-order valence-corrected chi connectivity index (χ4v) is 5.79. The van der Waals surface area contributed by atoms with Crippen molar-refractivity contribution in [2.75, 3.05) is 0 Å². The SMILES string of the molecule is Cc1cccc(C)c1-c1ccc(-c2cc3nc(-c4cccc(-c5ccccc5)c4)ccc3s2)cc1. The molecule has 0 atom stereocenters. The van der Waals surface area contributed by atoms with Crippen molar-refractivity contribution < 1.29 is 0 Å². The number of thiophene rings is 1. The molecule has 0 radical (unpaired) electrons. The summed E-state index contributed by atoms with van der Waals surface area (Å²) in [6.07, 6.45) is 0. The van der Waals surface area contributed by atoms with Gasteiger partial charge in [0.2, 0.25) is 0 Å². The van der Waals surface area contributed by atoms with E-state index in [1.165, 1.54) is 48.5 Å². The third-order valence-corrected chi connectivity index (χ3v) is 7.72. The van der Waals surface area contributed by atoms with Gasteiger partial charge in [-0.3, -0.25) is 0 Å². The summed E-state index contributed by atoms with van der Waals surface area (Å²) in [7, 11) is 0. The van der Waals surface area contributed by atoms with Gasteiger partial charge in [-0.2, -0.15) is 0 Å². The molecule has 6 aromatic rings. The number of pyridine rings is 1. The summed E-state index contributed by atoms with van der Waals surface area (Å²) in [5, 5.41) is 0. The summed E-state index contributed by atoms with van der Waals surface area (Å²) in [6.45, 7) is 4.36. The molecular weight excluding hydrogens is 442 g/mol. The maximum Gasteiger partial charge on any atom is 0.0823 e. The van der Waals surface area contributed by atoms with E-state index in [9.17, 15) is 0 Å². The van der Waals surface area contributed by atoms with Crippen LogP contribution in [0.25, 0.3) is 54.2 Å². The van der Waals surface area contributed by atoms with Gasteiger partial charge in [0.05, 0.1) is 15.9 Å². The van der Waals surface area contributed by atoms with Gasteiger partial charge in [0, 0.05) is 10.4 Å². The van der Waals surface area contributed by atoms with E-state index in [4.69, 9.17) is 4.98 Å². The second kappa shape index (κ2) is 8.98. The molecule has 2 aromatic heterocycles. The molecule has 0 aliphatic rings. The molecule has 0 bridgehead atoms. The summed E-state index contributed by atoms with van der Waals surface area (Å²) >= 11 is 1.80. The first kappa shape index (κ1) is 21.5.